The summed E-state index contributed by atoms with van der Waals surface area (Å²) in [4.78, 5) is 13.3. The minimum absolute atomic E-state index is 0.300. The van der Waals surface area contributed by atoms with Crippen molar-refractivity contribution >= 4 is 5.97 Å². The molecule has 2 unspecified atom stereocenters. The number of carbonyl (C=O) groups is 1. The molecular formula is C23H27NO3. The van der Waals surface area contributed by atoms with Gasteiger partial charge in [0.2, 0.25) is 0 Å². The van der Waals surface area contributed by atoms with Crippen molar-refractivity contribution in [3.05, 3.63) is 71.8 Å². The molecule has 3 rings (SSSR count). The van der Waals surface area contributed by atoms with Gasteiger partial charge in [-0.3, -0.25) is 9.69 Å². The van der Waals surface area contributed by atoms with Crippen LogP contribution in [0.3, 0.4) is 0 Å². The minimum Gasteiger partial charge on any atom is -0.478 e. The van der Waals surface area contributed by atoms with E-state index in [2.05, 4.69) is 43.5 Å². The third kappa shape index (κ3) is 4.58. The van der Waals surface area contributed by atoms with Crippen molar-refractivity contribution in [3.63, 3.8) is 0 Å². The molecule has 2 atom stereocenters. The predicted molar refractivity (Wildman–Crippen MR) is 107 cm³/mol. The maximum atomic E-state index is 11.1. The zero-order chi connectivity index (χ0) is 19.4. The molecule has 0 aliphatic carbocycles. The lowest BCUT2D eigenvalue weighted by Gasteiger charge is -2.29. The summed E-state index contributed by atoms with van der Waals surface area (Å²) < 4.78 is 11.0. The van der Waals surface area contributed by atoms with E-state index in [1.54, 1.807) is 0 Å². The molecule has 1 heterocycles. The normalized spacial score (nSPS) is 16.0. The lowest BCUT2D eigenvalue weighted by Crippen LogP contribution is -2.32. The molecule has 0 aromatic heterocycles. The molecule has 27 heavy (non-hydrogen) atoms. The molecule has 0 bridgehead atoms. The standard InChI is InChI=1S/C23H27NO3/c1-5-12-24-14-21-13-20(8-11-23(21)26-15-24)17(3)16(2)19-6-9-22(10-7-19)27-18(4)25/h5-11,13,16-17H,1,12,14-15H2,2-4H3. The van der Waals surface area contributed by atoms with Crippen LogP contribution in [0.25, 0.3) is 0 Å². The number of hydrogen-bond acceptors (Lipinski definition) is 4. The van der Waals surface area contributed by atoms with Crippen LogP contribution < -0.4 is 9.47 Å². The molecule has 0 saturated heterocycles. The van der Waals surface area contributed by atoms with Crippen LogP contribution in [0.4, 0.5) is 0 Å². The van der Waals surface area contributed by atoms with E-state index < -0.39 is 0 Å². The molecule has 1 aliphatic heterocycles. The van der Waals surface area contributed by atoms with E-state index in [1.807, 2.05) is 30.3 Å². The Bertz CT molecular complexity index is 813. The molecule has 4 nitrogen and oxygen atoms in total. The summed E-state index contributed by atoms with van der Waals surface area (Å²) in [6.45, 7) is 12.0. The summed E-state index contributed by atoms with van der Waals surface area (Å²) in [5.74, 6) is 1.95. The van der Waals surface area contributed by atoms with Crippen LogP contribution in [0, 0.1) is 0 Å². The van der Waals surface area contributed by atoms with E-state index in [-0.39, 0.29) is 5.97 Å². The third-order valence-electron chi connectivity index (χ3n) is 5.21. The number of fused-ring (bicyclic) bond motifs is 1. The van der Waals surface area contributed by atoms with E-state index in [0.29, 0.717) is 24.3 Å². The minimum atomic E-state index is -0.300. The first-order valence-electron chi connectivity index (χ1n) is 9.35. The number of esters is 1. The highest BCUT2D eigenvalue weighted by atomic mass is 16.5. The quantitative estimate of drug-likeness (QED) is 0.416. The van der Waals surface area contributed by atoms with Gasteiger partial charge >= 0.3 is 5.97 Å². The van der Waals surface area contributed by atoms with E-state index in [0.717, 1.165) is 18.8 Å². The molecular weight excluding hydrogens is 338 g/mol. The topological polar surface area (TPSA) is 38.8 Å². The Morgan fingerprint density at radius 3 is 2.52 bits per heavy atom. The van der Waals surface area contributed by atoms with Gasteiger partial charge in [0.15, 0.2) is 0 Å². The highest BCUT2D eigenvalue weighted by Crippen LogP contribution is 2.36. The van der Waals surface area contributed by atoms with Gasteiger partial charge in [-0.1, -0.05) is 44.2 Å². The van der Waals surface area contributed by atoms with Crippen molar-refractivity contribution < 1.29 is 14.3 Å². The molecule has 142 valence electrons. The molecule has 0 N–H and O–H groups in total. The van der Waals surface area contributed by atoms with Crippen molar-refractivity contribution in [2.45, 2.75) is 39.2 Å². The SMILES string of the molecule is C=CCN1COc2ccc(C(C)C(C)c3ccc(OC(C)=O)cc3)cc2C1. The van der Waals surface area contributed by atoms with Crippen molar-refractivity contribution in [2.75, 3.05) is 13.3 Å². The van der Waals surface area contributed by atoms with Crippen LogP contribution >= 0.6 is 0 Å². The fourth-order valence-electron chi connectivity index (χ4n) is 3.48. The number of carbonyl (C=O) groups excluding carboxylic acids is 1. The van der Waals surface area contributed by atoms with Crippen molar-refractivity contribution in [2.24, 2.45) is 0 Å². The number of rotatable bonds is 6. The lowest BCUT2D eigenvalue weighted by atomic mass is 9.83. The third-order valence-corrected chi connectivity index (χ3v) is 5.21. The average molecular weight is 365 g/mol. The van der Waals surface area contributed by atoms with E-state index in [1.165, 1.54) is 23.6 Å². The molecule has 0 saturated carbocycles. The van der Waals surface area contributed by atoms with Gasteiger partial charge in [0.1, 0.15) is 18.2 Å². The smallest absolute Gasteiger partial charge is 0.308 e. The number of benzene rings is 2. The van der Waals surface area contributed by atoms with Gasteiger partial charge < -0.3 is 9.47 Å². The Hall–Kier alpha value is -2.59. The fraction of sp³-hybridized carbons (Fsp3) is 0.348. The Balaban J connectivity index is 1.75. The first kappa shape index (κ1) is 19.2. The Morgan fingerprint density at radius 1 is 1.19 bits per heavy atom. The molecule has 0 radical (unpaired) electrons. The molecule has 2 aromatic rings. The van der Waals surface area contributed by atoms with Gasteiger partial charge in [0.25, 0.3) is 0 Å². The highest BCUT2D eigenvalue weighted by molar-refractivity contribution is 5.69. The van der Waals surface area contributed by atoms with Crippen molar-refractivity contribution in [3.8, 4) is 11.5 Å². The maximum absolute atomic E-state index is 11.1. The van der Waals surface area contributed by atoms with Crippen molar-refractivity contribution in [1.82, 2.24) is 4.90 Å². The average Bonchev–Trinajstić information content (AvgIpc) is 2.66. The summed E-state index contributed by atoms with van der Waals surface area (Å²) in [6.07, 6.45) is 1.91. The number of ether oxygens (including phenoxy) is 2. The van der Waals surface area contributed by atoms with Crippen LogP contribution in [0.2, 0.25) is 0 Å². The maximum Gasteiger partial charge on any atom is 0.308 e. The molecule has 0 amide bonds. The highest BCUT2D eigenvalue weighted by Gasteiger charge is 2.21. The van der Waals surface area contributed by atoms with Crippen LogP contribution in [-0.4, -0.2) is 24.1 Å². The molecule has 4 heteroatoms. The number of hydrogen-bond donors (Lipinski definition) is 0. The van der Waals surface area contributed by atoms with Crippen molar-refractivity contribution in [1.29, 1.82) is 0 Å². The van der Waals surface area contributed by atoms with Gasteiger partial charge in [-0.05, 0) is 41.2 Å². The first-order valence-corrected chi connectivity index (χ1v) is 9.35. The summed E-state index contributed by atoms with van der Waals surface area (Å²) in [5.41, 5.74) is 3.75. The van der Waals surface area contributed by atoms with Gasteiger partial charge in [0, 0.05) is 25.6 Å². The Labute approximate surface area is 161 Å². The first-order chi connectivity index (χ1) is 13.0. The van der Waals surface area contributed by atoms with E-state index in [9.17, 15) is 4.79 Å². The zero-order valence-corrected chi connectivity index (χ0v) is 16.3. The Morgan fingerprint density at radius 2 is 1.85 bits per heavy atom. The fourth-order valence-corrected chi connectivity index (χ4v) is 3.48. The lowest BCUT2D eigenvalue weighted by molar-refractivity contribution is -0.131. The summed E-state index contributed by atoms with van der Waals surface area (Å²) >= 11 is 0. The predicted octanol–water partition coefficient (Wildman–Crippen LogP) is 4.86. The summed E-state index contributed by atoms with van der Waals surface area (Å²) in [7, 11) is 0. The summed E-state index contributed by atoms with van der Waals surface area (Å²) in [5, 5.41) is 0. The van der Waals surface area contributed by atoms with Gasteiger partial charge in [-0.2, -0.15) is 0 Å². The van der Waals surface area contributed by atoms with E-state index in [4.69, 9.17) is 9.47 Å². The second kappa shape index (κ2) is 8.40. The van der Waals surface area contributed by atoms with Crippen LogP contribution in [-0.2, 0) is 11.3 Å². The van der Waals surface area contributed by atoms with Crippen LogP contribution in [0.15, 0.2) is 55.1 Å². The van der Waals surface area contributed by atoms with Gasteiger partial charge in [-0.15, -0.1) is 6.58 Å². The van der Waals surface area contributed by atoms with Crippen LogP contribution in [0.5, 0.6) is 11.5 Å². The molecule has 1 aliphatic rings. The van der Waals surface area contributed by atoms with E-state index >= 15 is 0 Å². The molecule has 2 aromatic carbocycles. The molecule has 0 fully saturated rings. The number of nitrogens with zero attached hydrogens (tertiary/aromatic N) is 1. The monoisotopic (exact) mass is 365 g/mol. The second-order valence-electron chi connectivity index (χ2n) is 7.18. The summed E-state index contributed by atoms with van der Waals surface area (Å²) in [6, 6.07) is 14.3. The Kier molecular flexibility index (Phi) is 5.97. The largest absolute Gasteiger partial charge is 0.478 e. The van der Waals surface area contributed by atoms with Gasteiger partial charge in [0.05, 0.1) is 0 Å². The molecule has 0 spiro atoms. The van der Waals surface area contributed by atoms with Crippen LogP contribution in [0.1, 0.15) is 49.3 Å². The second-order valence-corrected chi connectivity index (χ2v) is 7.18. The van der Waals surface area contributed by atoms with Gasteiger partial charge in [-0.25, -0.2) is 0 Å². The zero-order valence-electron chi connectivity index (χ0n) is 16.3.